The normalized spacial score (nSPS) is 10.1. The molecule has 92 valence electrons. The lowest BCUT2D eigenvalue weighted by Crippen LogP contribution is -1.95. The van der Waals surface area contributed by atoms with Gasteiger partial charge in [-0.25, -0.2) is 9.97 Å². The van der Waals surface area contributed by atoms with Crippen LogP contribution in [0.1, 0.15) is 0 Å². The molecule has 1 aromatic carbocycles. The zero-order chi connectivity index (χ0) is 13.1. The number of nitro benzene ring substituents is 1. The average Bonchev–Trinajstić information content (AvgIpc) is 2.34. The topological polar surface area (TPSA) is 78.2 Å². The monoisotopic (exact) mass is 285 g/mol. The molecule has 0 N–H and O–H groups in total. The zero-order valence-electron chi connectivity index (χ0n) is 8.71. The maximum absolute atomic E-state index is 10.8. The first kappa shape index (κ1) is 12.5. The maximum atomic E-state index is 10.8. The van der Waals surface area contributed by atoms with E-state index in [9.17, 15) is 10.1 Å². The molecule has 0 spiro atoms. The van der Waals surface area contributed by atoms with Crippen molar-refractivity contribution in [2.45, 2.75) is 0 Å². The second-order valence-electron chi connectivity index (χ2n) is 3.12. The molecule has 0 saturated heterocycles. The number of rotatable bonds is 3. The molecule has 2 aromatic rings. The van der Waals surface area contributed by atoms with Crippen molar-refractivity contribution in [2.75, 3.05) is 0 Å². The molecule has 0 aliphatic heterocycles. The minimum Gasteiger partial charge on any atom is -0.429 e. The van der Waals surface area contributed by atoms with Crippen LogP contribution in [0.15, 0.2) is 30.6 Å². The highest BCUT2D eigenvalue weighted by Crippen LogP contribution is 2.34. The maximum Gasteiger partial charge on any atom is 0.313 e. The van der Waals surface area contributed by atoms with E-state index in [4.69, 9.17) is 27.9 Å². The van der Waals surface area contributed by atoms with Crippen molar-refractivity contribution < 1.29 is 9.66 Å². The lowest BCUT2D eigenvalue weighted by molar-refractivity contribution is -0.385. The Balaban J connectivity index is 2.41. The fourth-order valence-corrected chi connectivity index (χ4v) is 1.51. The van der Waals surface area contributed by atoms with Crippen LogP contribution in [-0.2, 0) is 0 Å². The van der Waals surface area contributed by atoms with E-state index in [1.54, 1.807) is 0 Å². The summed E-state index contributed by atoms with van der Waals surface area (Å²) >= 11 is 11.4. The molecular formula is C10H5Cl2N3O3. The molecule has 2 rings (SSSR count). The Kier molecular flexibility index (Phi) is 3.59. The van der Waals surface area contributed by atoms with E-state index >= 15 is 0 Å². The molecule has 6 nitrogen and oxygen atoms in total. The Hall–Kier alpha value is -1.92. The van der Waals surface area contributed by atoms with Gasteiger partial charge < -0.3 is 4.74 Å². The van der Waals surface area contributed by atoms with E-state index in [1.165, 1.54) is 30.6 Å². The van der Waals surface area contributed by atoms with Crippen LogP contribution < -0.4 is 4.74 Å². The third-order valence-electron chi connectivity index (χ3n) is 1.95. The van der Waals surface area contributed by atoms with E-state index in [0.29, 0.717) is 0 Å². The molecule has 0 fully saturated rings. The minimum absolute atomic E-state index is 0.00759. The Morgan fingerprint density at radius 2 is 1.94 bits per heavy atom. The number of nitro groups is 1. The van der Waals surface area contributed by atoms with E-state index in [2.05, 4.69) is 9.97 Å². The predicted molar refractivity (Wildman–Crippen MR) is 65.2 cm³/mol. The predicted octanol–water partition coefficient (Wildman–Crippen LogP) is 3.48. The number of aromatic nitrogens is 2. The zero-order valence-corrected chi connectivity index (χ0v) is 10.2. The molecule has 0 unspecified atom stereocenters. The van der Waals surface area contributed by atoms with Gasteiger partial charge in [-0.2, -0.15) is 0 Å². The van der Waals surface area contributed by atoms with Crippen molar-refractivity contribution in [1.29, 1.82) is 0 Å². The van der Waals surface area contributed by atoms with Gasteiger partial charge in [0.15, 0.2) is 5.15 Å². The molecule has 0 saturated carbocycles. The Morgan fingerprint density at radius 1 is 1.22 bits per heavy atom. The first-order chi connectivity index (χ1) is 8.58. The number of hydrogen-bond donors (Lipinski definition) is 0. The van der Waals surface area contributed by atoms with Crippen LogP contribution in [0.3, 0.4) is 0 Å². The van der Waals surface area contributed by atoms with Gasteiger partial charge in [-0.1, -0.05) is 23.2 Å². The average molecular weight is 286 g/mol. The first-order valence-electron chi connectivity index (χ1n) is 4.66. The molecule has 0 aliphatic carbocycles. The fraction of sp³-hybridized carbons (Fsp3) is 0. The van der Waals surface area contributed by atoms with E-state index in [1.807, 2.05) is 0 Å². The summed E-state index contributed by atoms with van der Waals surface area (Å²) in [5.41, 5.74) is -0.274. The molecule has 18 heavy (non-hydrogen) atoms. The fourth-order valence-electron chi connectivity index (χ4n) is 1.20. The molecule has 0 amide bonds. The quantitative estimate of drug-likeness (QED) is 0.637. The van der Waals surface area contributed by atoms with Gasteiger partial charge in [-0.3, -0.25) is 10.1 Å². The molecule has 0 bridgehead atoms. The SMILES string of the molecule is O=[N+]([O-])c1cc(Cl)ccc1Oc1nccnc1Cl. The Morgan fingerprint density at radius 3 is 2.61 bits per heavy atom. The lowest BCUT2D eigenvalue weighted by Gasteiger charge is -2.05. The standard InChI is InChI=1S/C10H5Cl2N3O3/c11-6-1-2-8(7(5-6)15(16)17)18-10-9(12)13-3-4-14-10/h1-5H. The third kappa shape index (κ3) is 2.66. The van der Waals surface area contributed by atoms with Gasteiger partial charge in [0.05, 0.1) is 4.92 Å². The third-order valence-corrected chi connectivity index (χ3v) is 2.44. The van der Waals surface area contributed by atoms with E-state index < -0.39 is 4.92 Å². The molecule has 0 aliphatic rings. The summed E-state index contributed by atoms with van der Waals surface area (Å²) in [6, 6.07) is 4.01. The first-order valence-corrected chi connectivity index (χ1v) is 5.42. The van der Waals surface area contributed by atoms with Gasteiger partial charge >= 0.3 is 5.69 Å². The Bertz CT molecular complexity index is 607. The van der Waals surface area contributed by atoms with Crippen molar-refractivity contribution >= 4 is 28.9 Å². The lowest BCUT2D eigenvalue weighted by atomic mass is 10.3. The van der Waals surface area contributed by atoms with Crippen molar-refractivity contribution in [2.24, 2.45) is 0 Å². The summed E-state index contributed by atoms with van der Waals surface area (Å²) in [5.74, 6) is -0.0172. The highest BCUT2D eigenvalue weighted by atomic mass is 35.5. The van der Waals surface area contributed by atoms with Crippen molar-refractivity contribution in [3.63, 3.8) is 0 Å². The summed E-state index contributed by atoms with van der Waals surface area (Å²) in [6.07, 6.45) is 2.74. The second kappa shape index (κ2) is 5.16. The summed E-state index contributed by atoms with van der Waals surface area (Å²) < 4.78 is 5.25. The van der Waals surface area contributed by atoms with Crippen LogP contribution in [0.2, 0.25) is 10.2 Å². The van der Waals surface area contributed by atoms with Crippen LogP contribution in [0.5, 0.6) is 11.6 Å². The number of halogens is 2. The van der Waals surface area contributed by atoms with Crippen LogP contribution in [-0.4, -0.2) is 14.9 Å². The van der Waals surface area contributed by atoms with Gasteiger partial charge in [0.2, 0.25) is 5.75 Å². The minimum atomic E-state index is -0.606. The number of hydrogen-bond acceptors (Lipinski definition) is 5. The van der Waals surface area contributed by atoms with Gasteiger partial charge in [0.25, 0.3) is 5.88 Å². The highest BCUT2D eigenvalue weighted by Gasteiger charge is 2.18. The number of nitrogens with zero attached hydrogens (tertiary/aromatic N) is 3. The molecular weight excluding hydrogens is 281 g/mol. The van der Waals surface area contributed by atoms with Crippen LogP contribution in [0.25, 0.3) is 0 Å². The Labute approximate surface area is 111 Å². The molecule has 0 radical (unpaired) electrons. The van der Waals surface area contributed by atoms with Crippen molar-refractivity contribution in [3.05, 3.63) is 50.9 Å². The molecule has 1 aromatic heterocycles. The van der Waals surface area contributed by atoms with E-state index in [0.717, 1.165) is 0 Å². The van der Waals surface area contributed by atoms with Crippen LogP contribution in [0, 0.1) is 10.1 Å². The number of ether oxygens (including phenoxy) is 1. The van der Waals surface area contributed by atoms with Crippen molar-refractivity contribution in [1.82, 2.24) is 9.97 Å². The van der Waals surface area contributed by atoms with E-state index in [-0.39, 0.29) is 27.5 Å². The smallest absolute Gasteiger partial charge is 0.313 e. The van der Waals surface area contributed by atoms with Crippen LogP contribution in [0.4, 0.5) is 5.69 Å². The molecule has 8 heteroatoms. The second-order valence-corrected chi connectivity index (χ2v) is 3.92. The number of benzene rings is 1. The van der Waals surface area contributed by atoms with Crippen molar-refractivity contribution in [3.8, 4) is 11.6 Å². The summed E-state index contributed by atoms with van der Waals surface area (Å²) in [4.78, 5) is 17.8. The molecule has 1 heterocycles. The summed E-state index contributed by atoms with van der Waals surface area (Å²) in [7, 11) is 0. The van der Waals surface area contributed by atoms with Gasteiger partial charge in [-0.15, -0.1) is 0 Å². The van der Waals surface area contributed by atoms with Gasteiger partial charge in [0.1, 0.15) is 0 Å². The summed E-state index contributed by atoms with van der Waals surface area (Å²) in [5, 5.41) is 11.1. The van der Waals surface area contributed by atoms with Gasteiger partial charge in [-0.05, 0) is 12.1 Å². The van der Waals surface area contributed by atoms with Gasteiger partial charge in [0, 0.05) is 23.5 Å². The summed E-state index contributed by atoms with van der Waals surface area (Å²) in [6.45, 7) is 0. The highest BCUT2D eigenvalue weighted by molar-refractivity contribution is 6.31. The largest absolute Gasteiger partial charge is 0.429 e. The van der Waals surface area contributed by atoms with Crippen LogP contribution >= 0.6 is 23.2 Å². The molecule has 0 atom stereocenters.